The van der Waals surface area contributed by atoms with E-state index in [9.17, 15) is 45.1 Å². The van der Waals surface area contributed by atoms with Crippen molar-refractivity contribution in [3.8, 4) is 0 Å². The number of anilines is 1. The fourth-order valence-corrected chi connectivity index (χ4v) is 5.63. The van der Waals surface area contributed by atoms with Crippen LogP contribution in [0, 0.1) is 11.7 Å². The van der Waals surface area contributed by atoms with Gasteiger partial charge in [-0.15, -0.1) is 0 Å². The first kappa shape index (κ1) is 34.8. The van der Waals surface area contributed by atoms with Gasteiger partial charge in [0.15, 0.2) is 0 Å². The zero-order valence-electron chi connectivity index (χ0n) is 25.9. The van der Waals surface area contributed by atoms with Crippen LogP contribution in [0.4, 0.5) is 46.0 Å². The van der Waals surface area contributed by atoms with Crippen molar-refractivity contribution >= 4 is 23.7 Å². The van der Waals surface area contributed by atoms with E-state index >= 15 is 0 Å². The summed E-state index contributed by atoms with van der Waals surface area (Å²) in [5.41, 5.74) is -3.85. The van der Waals surface area contributed by atoms with Gasteiger partial charge in [-0.3, -0.25) is 9.69 Å². The minimum Gasteiger partial charge on any atom is -0.444 e. The summed E-state index contributed by atoms with van der Waals surface area (Å²) in [6, 6.07) is 4.82. The van der Waals surface area contributed by atoms with Crippen LogP contribution < -0.4 is 4.90 Å². The molecule has 2 aromatic rings. The molecule has 0 aromatic heterocycles. The highest BCUT2D eigenvalue weighted by atomic mass is 19.4. The van der Waals surface area contributed by atoms with Crippen molar-refractivity contribution in [1.82, 2.24) is 14.7 Å². The fraction of sp³-hybridized carbons (Fsp3) is 0.516. The van der Waals surface area contributed by atoms with Crippen LogP contribution in [0.25, 0.3) is 0 Å². The van der Waals surface area contributed by atoms with Crippen LogP contribution in [0.5, 0.6) is 0 Å². The maximum Gasteiger partial charge on any atom is 0.416 e. The van der Waals surface area contributed by atoms with Crippen LogP contribution in [0.1, 0.15) is 49.8 Å². The molecule has 0 unspecified atom stereocenters. The third-order valence-electron chi connectivity index (χ3n) is 8.11. The molecule has 0 spiro atoms. The van der Waals surface area contributed by atoms with Crippen molar-refractivity contribution < 1.29 is 49.9 Å². The predicted molar refractivity (Wildman–Crippen MR) is 153 cm³/mol. The molecule has 0 bridgehead atoms. The average molecular weight is 661 g/mol. The predicted octanol–water partition coefficient (Wildman–Crippen LogP) is 6.60. The largest absolute Gasteiger partial charge is 0.444 e. The third-order valence-corrected chi connectivity index (χ3v) is 8.11. The van der Waals surface area contributed by atoms with Crippen LogP contribution in [0.2, 0.25) is 0 Å². The maximum absolute atomic E-state index is 13.8. The Kier molecular flexibility index (Phi) is 9.56. The molecule has 4 amide bonds. The van der Waals surface area contributed by atoms with Crippen LogP contribution in [0.3, 0.4) is 0 Å². The van der Waals surface area contributed by atoms with Gasteiger partial charge in [0.25, 0.3) is 0 Å². The summed E-state index contributed by atoms with van der Waals surface area (Å²) in [7, 11) is 2.45. The maximum atomic E-state index is 13.8. The lowest BCUT2D eigenvalue weighted by molar-refractivity contribution is -0.144. The molecular weight excluding hydrogens is 625 g/mol. The van der Waals surface area contributed by atoms with E-state index in [0.717, 1.165) is 7.05 Å². The molecule has 4 rings (SSSR count). The summed E-state index contributed by atoms with van der Waals surface area (Å²) >= 11 is 0. The highest BCUT2D eigenvalue weighted by molar-refractivity contribution is 5.92. The number of rotatable bonds is 4. The van der Waals surface area contributed by atoms with Gasteiger partial charge in [-0.1, -0.05) is 12.1 Å². The number of carbonyl (C=O) groups excluding carboxylic acids is 3. The Morgan fingerprint density at radius 3 is 1.87 bits per heavy atom. The van der Waals surface area contributed by atoms with Gasteiger partial charge in [0.05, 0.1) is 17.0 Å². The van der Waals surface area contributed by atoms with E-state index in [-0.39, 0.29) is 44.6 Å². The van der Waals surface area contributed by atoms with E-state index in [1.165, 1.54) is 41.1 Å². The molecule has 2 atom stereocenters. The van der Waals surface area contributed by atoms with E-state index in [4.69, 9.17) is 4.74 Å². The first-order chi connectivity index (χ1) is 21.2. The first-order valence-electron chi connectivity index (χ1n) is 14.5. The Labute approximate surface area is 261 Å². The fourth-order valence-electron chi connectivity index (χ4n) is 5.63. The van der Waals surface area contributed by atoms with Gasteiger partial charge in [-0.2, -0.15) is 26.3 Å². The molecule has 8 nitrogen and oxygen atoms in total. The number of carbonyl (C=O) groups is 3. The molecule has 2 aliphatic heterocycles. The summed E-state index contributed by atoms with van der Waals surface area (Å²) in [5.74, 6) is -1.79. The van der Waals surface area contributed by atoms with Crippen molar-refractivity contribution in [2.24, 2.45) is 5.92 Å². The number of nitrogens with zero attached hydrogens (tertiary/aromatic N) is 4. The monoisotopic (exact) mass is 660 g/mol. The van der Waals surface area contributed by atoms with Gasteiger partial charge in [0, 0.05) is 57.9 Å². The highest BCUT2D eigenvalue weighted by Gasteiger charge is 2.44. The molecule has 0 saturated carbocycles. The number of halogens is 7. The Balaban J connectivity index is 1.54. The van der Waals surface area contributed by atoms with Gasteiger partial charge >= 0.3 is 24.5 Å². The van der Waals surface area contributed by atoms with E-state index in [2.05, 4.69) is 0 Å². The average Bonchev–Trinajstić information content (AvgIpc) is 2.93. The number of likely N-dealkylation sites (N-methyl/N-ethyl adjacent to an activating group) is 1. The lowest BCUT2D eigenvalue weighted by atomic mass is 9.84. The number of likely N-dealkylation sites (tertiary alicyclic amines) is 2. The van der Waals surface area contributed by atoms with Crippen LogP contribution in [-0.2, 0) is 21.9 Å². The minimum atomic E-state index is -5.09. The van der Waals surface area contributed by atoms with E-state index in [1.54, 1.807) is 25.7 Å². The van der Waals surface area contributed by atoms with Crippen molar-refractivity contribution in [1.29, 1.82) is 0 Å². The standard InChI is InChI=1S/C31H35F7N4O4/c1-29(2,3)46-28(45)42-15-19(16-42)26(43)41-11-10-25(24(17-41)18-6-8-22(32)9-7-18)40(5)27(44)39(4)23-13-20(30(33,34)35)12-21(14-23)31(36,37)38/h6-9,12-14,19,24-25H,10-11,15-17H2,1-5H3/t24-,25+/m0/s1. The second kappa shape index (κ2) is 12.6. The first-order valence-corrected chi connectivity index (χ1v) is 14.5. The summed E-state index contributed by atoms with van der Waals surface area (Å²) in [5, 5.41) is 0. The molecule has 46 heavy (non-hydrogen) atoms. The number of piperidine rings is 1. The SMILES string of the molecule is CN(C(=O)N(C)[C@@H]1CCN(C(=O)C2CN(C(=O)OC(C)(C)C)C2)C[C@H]1c1ccc(F)cc1)c1cc(C(F)(F)F)cc(C(F)(F)F)c1. The number of benzene rings is 2. The number of amides is 4. The Hall–Kier alpha value is -4.04. The second-order valence-corrected chi connectivity index (χ2v) is 12.6. The molecule has 252 valence electrons. The quantitative estimate of drug-likeness (QED) is 0.347. The van der Waals surface area contributed by atoms with Gasteiger partial charge in [-0.05, 0) is 63.1 Å². The number of ether oxygens (including phenoxy) is 1. The molecule has 0 N–H and O–H groups in total. The normalized spacial score (nSPS) is 19.4. The van der Waals surface area contributed by atoms with Gasteiger partial charge < -0.3 is 19.4 Å². The van der Waals surface area contributed by atoms with Gasteiger partial charge in [0.2, 0.25) is 5.91 Å². The van der Waals surface area contributed by atoms with Crippen LogP contribution >= 0.6 is 0 Å². The zero-order chi connectivity index (χ0) is 34.4. The van der Waals surface area contributed by atoms with E-state index in [1.807, 2.05) is 0 Å². The Morgan fingerprint density at radius 1 is 0.826 bits per heavy atom. The molecular formula is C31H35F7N4O4. The lowest BCUT2D eigenvalue weighted by Gasteiger charge is -2.46. The second-order valence-electron chi connectivity index (χ2n) is 12.6. The molecule has 0 radical (unpaired) electrons. The molecule has 2 aliphatic rings. The molecule has 0 aliphatic carbocycles. The minimum absolute atomic E-state index is 0.0162. The Morgan fingerprint density at radius 2 is 1.37 bits per heavy atom. The molecule has 15 heteroatoms. The smallest absolute Gasteiger partial charge is 0.416 e. The van der Waals surface area contributed by atoms with Crippen LogP contribution in [0.15, 0.2) is 42.5 Å². The summed E-state index contributed by atoms with van der Waals surface area (Å²) in [4.78, 5) is 44.2. The Bertz CT molecular complexity index is 1420. The molecule has 2 fully saturated rings. The highest BCUT2D eigenvalue weighted by Crippen LogP contribution is 2.39. The van der Waals surface area contributed by atoms with Crippen LogP contribution in [-0.4, -0.2) is 84.6 Å². The van der Waals surface area contributed by atoms with Crippen molar-refractivity contribution in [3.63, 3.8) is 0 Å². The lowest BCUT2D eigenvalue weighted by Crippen LogP contribution is -2.60. The van der Waals surface area contributed by atoms with Gasteiger partial charge in [-0.25, -0.2) is 14.0 Å². The van der Waals surface area contributed by atoms with Crippen molar-refractivity contribution in [2.75, 3.05) is 45.2 Å². The van der Waals surface area contributed by atoms with E-state index in [0.29, 0.717) is 22.6 Å². The van der Waals surface area contributed by atoms with E-state index < -0.39 is 70.6 Å². The third kappa shape index (κ3) is 7.84. The summed E-state index contributed by atoms with van der Waals surface area (Å²) in [6.07, 6.45) is -10.5. The topological polar surface area (TPSA) is 73.4 Å². The number of urea groups is 1. The number of hydrogen-bond donors (Lipinski definition) is 0. The molecule has 2 aromatic carbocycles. The molecule has 2 heterocycles. The summed E-state index contributed by atoms with van der Waals surface area (Å²) < 4.78 is 99.9. The number of hydrogen-bond acceptors (Lipinski definition) is 4. The number of alkyl halides is 6. The van der Waals surface area contributed by atoms with Crippen molar-refractivity contribution in [3.05, 3.63) is 65.0 Å². The van der Waals surface area contributed by atoms with Gasteiger partial charge in [0.1, 0.15) is 11.4 Å². The van der Waals surface area contributed by atoms with Crippen molar-refractivity contribution in [2.45, 2.75) is 57.1 Å². The zero-order valence-corrected chi connectivity index (χ0v) is 25.9. The summed E-state index contributed by atoms with van der Waals surface area (Å²) in [6.45, 7) is 5.79. The molecule has 2 saturated heterocycles.